The van der Waals surface area contributed by atoms with Crippen LogP contribution < -0.4 is 21.9 Å². The number of ether oxygens (including phenoxy) is 2. The molecule has 3 aromatic rings. The summed E-state index contributed by atoms with van der Waals surface area (Å²) in [6, 6.07) is 8.27. The Bertz CT molecular complexity index is 1370. The highest BCUT2D eigenvalue weighted by atomic mass is 16.5. The Morgan fingerprint density at radius 2 is 1.67 bits per heavy atom. The van der Waals surface area contributed by atoms with E-state index in [4.69, 9.17) is 15.2 Å². The Balaban J connectivity index is 0.000000384. The highest BCUT2D eigenvalue weighted by Gasteiger charge is 2.24. The molecule has 0 atom stereocenters. The predicted octanol–water partition coefficient (Wildman–Crippen LogP) is 2.91. The molecule has 3 fully saturated rings. The summed E-state index contributed by atoms with van der Waals surface area (Å²) in [6.07, 6.45) is 7.69. The standard InChI is InChI=1S/C24H27N5O3.C5H11NO/c1-14-3-4-15(22(30)26-17-5-6-17)11-19(14)20-12-16-13-25-24(27-18-7-9-32-10-8-18)28-21(16)29(2)23(20)31;6-5-1-3-7-4-2-5/h3-4,11-13,17-18H,5-10H2,1-2H3,(H,26,30)(H,25,27,28);5H,1-4,6H2. The number of benzene rings is 1. The first-order chi connectivity index (χ1) is 18.9. The molecule has 10 heteroatoms. The molecule has 1 aromatic carbocycles. The van der Waals surface area contributed by atoms with Crippen LogP contribution in [0.3, 0.4) is 0 Å². The average molecular weight is 535 g/mol. The lowest BCUT2D eigenvalue weighted by Crippen LogP contribution is -2.29. The van der Waals surface area contributed by atoms with E-state index in [1.54, 1.807) is 29.9 Å². The number of fused-ring (bicyclic) bond motifs is 1. The van der Waals surface area contributed by atoms with Crippen molar-refractivity contribution in [3.8, 4) is 11.1 Å². The molecule has 10 nitrogen and oxygen atoms in total. The van der Waals surface area contributed by atoms with Crippen LogP contribution in [0.2, 0.25) is 0 Å². The highest BCUT2D eigenvalue weighted by molar-refractivity contribution is 5.96. The Kier molecular flexibility index (Phi) is 8.54. The minimum absolute atomic E-state index is 0.0986. The van der Waals surface area contributed by atoms with E-state index in [0.29, 0.717) is 28.8 Å². The molecule has 2 saturated heterocycles. The van der Waals surface area contributed by atoms with Crippen LogP contribution in [0.1, 0.15) is 54.4 Å². The molecule has 2 aromatic heterocycles. The summed E-state index contributed by atoms with van der Waals surface area (Å²) >= 11 is 0. The van der Waals surface area contributed by atoms with Crippen molar-refractivity contribution in [1.82, 2.24) is 19.9 Å². The number of hydrogen-bond donors (Lipinski definition) is 3. The van der Waals surface area contributed by atoms with Crippen molar-refractivity contribution in [2.75, 3.05) is 31.7 Å². The van der Waals surface area contributed by atoms with Gasteiger partial charge in [0.1, 0.15) is 5.65 Å². The fourth-order valence-electron chi connectivity index (χ4n) is 4.80. The summed E-state index contributed by atoms with van der Waals surface area (Å²) in [5.74, 6) is 0.417. The number of aryl methyl sites for hydroxylation is 2. The van der Waals surface area contributed by atoms with Crippen molar-refractivity contribution in [3.63, 3.8) is 0 Å². The van der Waals surface area contributed by atoms with E-state index in [1.165, 1.54) is 0 Å². The van der Waals surface area contributed by atoms with Crippen molar-refractivity contribution in [2.24, 2.45) is 12.8 Å². The van der Waals surface area contributed by atoms with Gasteiger partial charge in [-0.15, -0.1) is 0 Å². The van der Waals surface area contributed by atoms with Gasteiger partial charge in [-0.2, -0.15) is 4.98 Å². The summed E-state index contributed by atoms with van der Waals surface area (Å²) in [5, 5.41) is 7.13. The topological polar surface area (TPSA) is 133 Å². The zero-order chi connectivity index (χ0) is 27.4. The van der Waals surface area contributed by atoms with E-state index in [0.717, 1.165) is 81.5 Å². The summed E-state index contributed by atoms with van der Waals surface area (Å²) in [6.45, 7) is 5.12. The third-order valence-electron chi connectivity index (χ3n) is 7.47. The lowest BCUT2D eigenvalue weighted by molar-refractivity contribution is 0.0866. The number of carbonyl (C=O) groups is 1. The summed E-state index contributed by atoms with van der Waals surface area (Å²) in [4.78, 5) is 34.9. The van der Waals surface area contributed by atoms with Crippen LogP contribution >= 0.6 is 0 Å². The summed E-state index contributed by atoms with van der Waals surface area (Å²) in [5.41, 5.74) is 8.75. The van der Waals surface area contributed by atoms with Gasteiger partial charge in [0.2, 0.25) is 5.95 Å². The normalized spacial score (nSPS) is 18.3. The second-order valence-electron chi connectivity index (χ2n) is 10.7. The van der Waals surface area contributed by atoms with E-state index in [2.05, 4.69) is 20.6 Å². The number of aromatic nitrogens is 3. The lowest BCUT2D eigenvalue weighted by atomic mass is 9.98. The molecule has 0 unspecified atom stereocenters. The molecule has 6 rings (SSSR count). The fraction of sp³-hybridized carbons (Fsp3) is 0.517. The zero-order valence-electron chi connectivity index (χ0n) is 22.7. The predicted molar refractivity (Wildman–Crippen MR) is 151 cm³/mol. The Morgan fingerprint density at radius 3 is 2.31 bits per heavy atom. The third-order valence-corrected chi connectivity index (χ3v) is 7.47. The molecular weight excluding hydrogens is 496 g/mol. The number of pyridine rings is 1. The number of rotatable bonds is 5. The Hall–Kier alpha value is -3.34. The van der Waals surface area contributed by atoms with E-state index >= 15 is 0 Å². The van der Waals surface area contributed by atoms with Crippen LogP contribution in [0, 0.1) is 6.92 Å². The number of nitrogens with zero attached hydrogens (tertiary/aromatic N) is 3. The number of nitrogens with two attached hydrogens (primary N) is 1. The summed E-state index contributed by atoms with van der Waals surface area (Å²) < 4.78 is 12.0. The van der Waals surface area contributed by atoms with E-state index in [1.807, 2.05) is 19.1 Å². The minimum atomic E-state index is -0.156. The van der Waals surface area contributed by atoms with Gasteiger partial charge in [0.25, 0.3) is 11.5 Å². The van der Waals surface area contributed by atoms with Crippen LogP contribution in [0.25, 0.3) is 22.2 Å². The van der Waals surface area contributed by atoms with Gasteiger partial charge in [0, 0.05) is 74.3 Å². The SMILES string of the molecule is Cc1ccc(C(=O)NC2CC2)cc1-c1cc2cnc(NC3CCOCC3)nc2n(C)c1=O.NC1CCOCC1. The molecule has 1 aliphatic carbocycles. The van der Waals surface area contributed by atoms with E-state index < -0.39 is 0 Å². The number of anilines is 1. The van der Waals surface area contributed by atoms with Gasteiger partial charge >= 0.3 is 0 Å². The van der Waals surface area contributed by atoms with Crippen molar-refractivity contribution >= 4 is 22.9 Å². The van der Waals surface area contributed by atoms with Crippen LogP contribution in [-0.2, 0) is 16.5 Å². The Morgan fingerprint density at radius 1 is 0.974 bits per heavy atom. The number of carbonyl (C=O) groups excluding carboxylic acids is 1. The quantitative estimate of drug-likeness (QED) is 0.455. The molecular formula is C29H38N6O4. The fourth-order valence-corrected chi connectivity index (χ4v) is 4.80. The summed E-state index contributed by atoms with van der Waals surface area (Å²) in [7, 11) is 1.72. The molecule has 2 aliphatic heterocycles. The van der Waals surface area contributed by atoms with Gasteiger partial charge in [-0.1, -0.05) is 6.07 Å². The first-order valence-corrected chi connectivity index (χ1v) is 13.9. The number of nitrogens with one attached hydrogen (secondary N) is 2. The largest absolute Gasteiger partial charge is 0.381 e. The molecule has 0 bridgehead atoms. The number of hydrogen-bond acceptors (Lipinski definition) is 8. The maximum Gasteiger partial charge on any atom is 0.259 e. The van der Waals surface area contributed by atoms with Crippen molar-refractivity contribution in [3.05, 3.63) is 51.9 Å². The molecule has 39 heavy (non-hydrogen) atoms. The lowest BCUT2D eigenvalue weighted by Gasteiger charge is -2.23. The molecule has 4 N–H and O–H groups in total. The van der Waals surface area contributed by atoms with E-state index in [9.17, 15) is 9.59 Å². The maximum absolute atomic E-state index is 13.3. The molecule has 1 saturated carbocycles. The highest BCUT2D eigenvalue weighted by Crippen LogP contribution is 2.26. The zero-order valence-corrected chi connectivity index (χ0v) is 22.7. The number of amides is 1. The Labute approximate surface area is 228 Å². The van der Waals surface area contributed by atoms with Gasteiger partial charge in [-0.25, -0.2) is 4.98 Å². The van der Waals surface area contributed by atoms with Crippen molar-refractivity contribution in [1.29, 1.82) is 0 Å². The van der Waals surface area contributed by atoms with Crippen molar-refractivity contribution < 1.29 is 14.3 Å². The maximum atomic E-state index is 13.3. The molecule has 4 heterocycles. The van der Waals surface area contributed by atoms with Gasteiger partial charge in [0.15, 0.2) is 0 Å². The minimum Gasteiger partial charge on any atom is -0.381 e. The first-order valence-electron chi connectivity index (χ1n) is 13.9. The van der Waals surface area contributed by atoms with Gasteiger partial charge in [-0.3, -0.25) is 14.2 Å². The van der Waals surface area contributed by atoms with E-state index in [-0.39, 0.29) is 23.6 Å². The monoisotopic (exact) mass is 534 g/mol. The second-order valence-corrected chi connectivity index (χ2v) is 10.7. The average Bonchev–Trinajstić information content (AvgIpc) is 3.77. The van der Waals surface area contributed by atoms with Gasteiger partial charge in [0.05, 0.1) is 0 Å². The van der Waals surface area contributed by atoms with Gasteiger partial charge < -0.3 is 25.8 Å². The molecule has 0 radical (unpaired) electrons. The van der Waals surface area contributed by atoms with Crippen LogP contribution in [-0.4, -0.2) is 65.0 Å². The van der Waals surface area contributed by atoms with Crippen LogP contribution in [0.4, 0.5) is 5.95 Å². The molecule has 0 spiro atoms. The first kappa shape index (κ1) is 27.2. The molecule has 1 amide bonds. The molecule has 3 aliphatic rings. The smallest absolute Gasteiger partial charge is 0.259 e. The van der Waals surface area contributed by atoms with Crippen LogP contribution in [0.5, 0.6) is 0 Å². The van der Waals surface area contributed by atoms with Crippen molar-refractivity contribution in [2.45, 2.75) is 63.6 Å². The van der Waals surface area contributed by atoms with Crippen LogP contribution in [0.15, 0.2) is 35.3 Å². The molecule has 208 valence electrons. The third kappa shape index (κ3) is 6.81. The van der Waals surface area contributed by atoms with Gasteiger partial charge in [-0.05, 0) is 74.8 Å². The second kappa shape index (κ2) is 12.2.